The SMILES string of the molecule is N=C(ON)c1ccc(-c2ncc(-c3cc(N)nc4ccccc34)o2)cc1. The number of nitrogen functional groups attached to an aromatic ring is 1. The fraction of sp³-hybridized carbons (Fsp3) is 0. The third kappa shape index (κ3) is 2.76. The van der Waals surface area contributed by atoms with Crippen LogP contribution in [0.15, 0.2) is 65.2 Å². The molecule has 128 valence electrons. The molecule has 4 aromatic rings. The van der Waals surface area contributed by atoms with Crippen molar-refractivity contribution < 1.29 is 9.25 Å². The molecule has 0 saturated carbocycles. The molecule has 0 aliphatic heterocycles. The first kappa shape index (κ1) is 15.8. The second-order valence-electron chi connectivity index (χ2n) is 5.67. The lowest BCUT2D eigenvalue weighted by molar-refractivity contribution is 0.319. The number of hydrogen-bond acceptors (Lipinski definition) is 7. The zero-order valence-corrected chi connectivity index (χ0v) is 13.6. The van der Waals surface area contributed by atoms with Gasteiger partial charge in [0, 0.05) is 22.1 Å². The van der Waals surface area contributed by atoms with Crippen molar-refractivity contribution in [3.8, 4) is 22.8 Å². The molecule has 2 aromatic heterocycles. The van der Waals surface area contributed by atoms with Crippen LogP contribution in [0.2, 0.25) is 0 Å². The average molecular weight is 345 g/mol. The molecule has 4 rings (SSSR count). The molecule has 2 aromatic carbocycles. The normalized spacial score (nSPS) is 10.8. The molecule has 0 radical (unpaired) electrons. The van der Waals surface area contributed by atoms with Crippen LogP contribution < -0.4 is 11.6 Å². The largest absolute Gasteiger partial charge is 0.436 e. The molecule has 0 atom stereocenters. The number of aromatic nitrogens is 2. The summed E-state index contributed by atoms with van der Waals surface area (Å²) in [6.45, 7) is 0. The minimum atomic E-state index is -0.108. The van der Waals surface area contributed by atoms with Crippen LogP contribution in [0.1, 0.15) is 5.56 Å². The molecule has 0 bridgehead atoms. The van der Waals surface area contributed by atoms with Crippen LogP contribution in [0.3, 0.4) is 0 Å². The zero-order chi connectivity index (χ0) is 18.1. The highest BCUT2D eigenvalue weighted by atomic mass is 16.6. The topological polar surface area (TPSA) is 124 Å². The van der Waals surface area contributed by atoms with Crippen LogP contribution in [0.4, 0.5) is 5.82 Å². The van der Waals surface area contributed by atoms with E-state index in [0.29, 0.717) is 23.0 Å². The Morgan fingerprint density at radius 2 is 1.85 bits per heavy atom. The van der Waals surface area contributed by atoms with Crippen LogP contribution in [-0.2, 0) is 4.84 Å². The van der Waals surface area contributed by atoms with E-state index in [9.17, 15) is 0 Å². The summed E-state index contributed by atoms with van der Waals surface area (Å²) in [5.74, 6) is 6.39. The Labute approximate surface area is 148 Å². The molecule has 0 saturated heterocycles. The number of oxazole rings is 1. The van der Waals surface area contributed by atoms with Crippen molar-refractivity contribution in [1.82, 2.24) is 9.97 Å². The van der Waals surface area contributed by atoms with Crippen molar-refractivity contribution in [3.05, 3.63) is 66.4 Å². The summed E-state index contributed by atoms with van der Waals surface area (Å²) in [6.07, 6.45) is 1.66. The first-order valence-corrected chi connectivity index (χ1v) is 7.83. The maximum absolute atomic E-state index is 7.56. The fourth-order valence-corrected chi connectivity index (χ4v) is 2.76. The number of nitrogens with zero attached hydrogens (tertiary/aromatic N) is 2. The average Bonchev–Trinajstić information content (AvgIpc) is 3.17. The Morgan fingerprint density at radius 3 is 2.62 bits per heavy atom. The molecule has 0 amide bonds. The summed E-state index contributed by atoms with van der Waals surface area (Å²) in [7, 11) is 0. The molecular formula is C19H15N5O2. The number of pyridine rings is 1. The highest BCUT2D eigenvalue weighted by Gasteiger charge is 2.13. The molecule has 5 N–H and O–H groups in total. The molecule has 0 aliphatic carbocycles. The van der Waals surface area contributed by atoms with Gasteiger partial charge in [-0.1, -0.05) is 18.2 Å². The van der Waals surface area contributed by atoms with Crippen LogP contribution in [0.25, 0.3) is 33.7 Å². The third-order valence-corrected chi connectivity index (χ3v) is 4.02. The quantitative estimate of drug-likeness (QED) is 0.297. The second-order valence-corrected chi connectivity index (χ2v) is 5.67. The predicted octanol–water partition coefficient (Wildman–Crippen LogP) is 3.35. The van der Waals surface area contributed by atoms with Gasteiger partial charge in [0.2, 0.25) is 11.8 Å². The van der Waals surface area contributed by atoms with Gasteiger partial charge in [-0.15, -0.1) is 0 Å². The van der Waals surface area contributed by atoms with Gasteiger partial charge in [0.15, 0.2) is 5.76 Å². The molecule has 7 heteroatoms. The van der Waals surface area contributed by atoms with E-state index in [1.54, 1.807) is 36.5 Å². The lowest BCUT2D eigenvalue weighted by Crippen LogP contribution is -2.09. The van der Waals surface area contributed by atoms with E-state index >= 15 is 0 Å². The van der Waals surface area contributed by atoms with Crippen molar-refractivity contribution in [3.63, 3.8) is 0 Å². The zero-order valence-electron chi connectivity index (χ0n) is 13.6. The summed E-state index contributed by atoms with van der Waals surface area (Å²) in [5, 5.41) is 8.50. The van der Waals surface area contributed by atoms with E-state index in [1.165, 1.54) is 0 Å². The molecule has 0 spiro atoms. The Hall–Kier alpha value is -3.71. The summed E-state index contributed by atoms with van der Waals surface area (Å²) in [6, 6.07) is 16.5. The van der Waals surface area contributed by atoms with Crippen molar-refractivity contribution in [2.75, 3.05) is 5.73 Å². The van der Waals surface area contributed by atoms with E-state index < -0.39 is 0 Å². The molecular weight excluding hydrogens is 330 g/mol. The maximum atomic E-state index is 7.56. The van der Waals surface area contributed by atoms with Gasteiger partial charge in [-0.05, 0) is 36.4 Å². The number of para-hydroxylation sites is 1. The number of benzene rings is 2. The number of anilines is 1. The van der Waals surface area contributed by atoms with Crippen LogP contribution in [0.5, 0.6) is 0 Å². The number of nitrogens with two attached hydrogens (primary N) is 2. The van der Waals surface area contributed by atoms with Crippen molar-refractivity contribution in [2.24, 2.45) is 5.90 Å². The number of fused-ring (bicyclic) bond motifs is 1. The smallest absolute Gasteiger partial charge is 0.237 e. The molecule has 7 nitrogen and oxygen atoms in total. The van der Waals surface area contributed by atoms with Gasteiger partial charge in [-0.2, -0.15) is 5.90 Å². The number of hydrogen-bond donors (Lipinski definition) is 3. The minimum Gasteiger partial charge on any atom is -0.436 e. The second kappa shape index (κ2) is 6.30. The first-order chi connectivity index (χ1) is 12.7. The summed E-state index contributed by atoms with van der Waals surface area (Å²) in [4.78, 5) is 13.1. The highest BCUT2D eigenvalue weighted by molar-refractivity contribution is 5.94. The molecule has 0 aliphatic rings. The monoisotopic (exact) mass is 345 g/mol. The number of nitrogens with one attached hydrogen (secondary N) is 1. The molecule has 0 unspecified atom stereocenters. The lowest BCUT2D eigenvalue weighted by Gasteiger charge is -2.05. The van der Waals surface area contributed by atoms with E-state index in [-0.39, 0.29) is 5.90 Å². The Morgan fingerprint density at radius 1 is 1.08 bits per heavy atom. The number of rotatable bonds is 3. The van der Waals surface area contributed by atoms with E-state index in [4.69, 9.17) is 21.5 Å². The van der Waals surface area contributed by atoms with Crippen LogP contribution in [-0.4, -0.2) is 15.9 Å². The van der Waals surface area contributed by atoms with Crippen molar-refractivity contribution in [1.29, 1.82) is 5.41 Å². The Balaban J connectivity index is 1.74. The van der Waals surface area contributed by atoms with E-state index in [1.807, 2.05) is 24.3 Å². The summed E-state index contributed by atoms with van der Waals surface area (Å²) < 4.78 is 5.94. The maximum Gasteiger partial charge on any atom is 0.237 e. The van der Waals surface area contributed by atoms with Crippen molar-refractivity contribution in [2.45, 2.75) is 0 Å². The predicted molar refractivity (Wildman–Crippen MR) is 99.2 cm³/mol. The summed E-state index contributed by atoms with van der Waals surface area (Å²) >= 11 is 0. The van der Waals surface area contributed by atoms with Gasteiger partial charge in [0.25, 0.3) is 0 Å². The molecule has 0 fully saturated rings. The van der Waals surface area contributed by atoms with Gasteiger partial charge < -0.3 is 15.0 Å². The third-order valence-electron chi connectivity index (χ3n) is 4.02. The van der Waals surface area contributed by atoms with Gasteiger partial charge in [-0.25, -0.2) is 9.97 Å². The van der Waals surface area contributed by atoms with Crippen LogP contribution >= 0.6 is 0 Å². The highest BCUT2D eigenvalue weighted by Crippen LogP contribution is 2.32. The standard InChI is InChI=1S/C19H15N5O2/c20-17-9-14(13-3-1-2-4-15(13)24-17)16-10-23-19(25-16)12-7-5-11(6-8-12)18(21)26-22/h1-10,21H,22H2,(H2,20,24). The van der Waals surface area contributed by atoms with Crippen molar-refractivity contribution >= 4 is 22.6 Å². The first-order valence-electron chi connectivity index (χ1n) is 7.83. The lowest BCUT2D eigenvalue weighted by atomic mass is 10.1. The van der Waals surface area contributed by atoms with Gasteiger partial charge in [0.1, 0.15) is 5.82 Å². The Bertz CT molecular complexity index is 1100. The van der Waals surface area contributed by atoms with Gasteiger partial charge in [0.05, 0.1) is 11.7 Å². The fourth-order valence-electron chi connectivity index (χ4n) is 2.76. The molecule has 2 heterocycles. The molecule has 26 heavy (non-hydrogen) atoms. The minimum absolute atomic E-state index is 0.108. The van der Waals surface area contributed by atoms with Gasteiger partial charge >= 0.3 is 0 Å². The Kier molecular flexibility index (Phi) is 3.83. The van der Waals surface area contributed by atoms with Gasteiger partial charge in [-0.3, -0.25) is 5.41 Å². The van der Waals surface area contributed by atoms with E-state index in [0.717, 1.165) is 22.0 Å². The van der Waals surface area contributed by atoms with E-state index in [2.05, 4.69) is 14.8 Å². The van der Waals surface area contributed by atoms with Crippen LogP contribution in [0, 0.1) is 5.41 Å². The summed E-state index contributed by atoms with van der Waals surface area (Å²) in [5.41, 5.74) is 8.89.